The highest BCUT2D eigenvalue weighted by atomic mass is 35.5. The molecule has 0 saturated carbocycles. The zero-order valence-corrected chi connectivity index (χ0v) is 15.5. The van der Waals surface area contributed by atoms with Crippen molar-refractivity contribution in [3.8, 4) is 5.75 Å². The number of halogens is 1. The number of hydrogen-bond acceptors (Lipinski definition) is 5. The maximum atomic E-state index is 12.5. The number of carbonyl (C=O) groups is 1. The average Bonchev–Trinajstić information content (AvgIpc) is 2.97. The van der Waals surface area contributed by atoms with Gasteiger partial charge >= 0.3 is 0 Å². The molecule has 3 rings (SSSR count). The van der Waals surface area contributed by atoms with Gasteiger partial charge in [-0.25, -0.2) is 4.98 Å². The quantitative estimate of drug-likeness (QED) is 0.629. The van der Waals surface area contributed by atoms with E-state index in [4.69, 9.17) is 16.3 Å². The Labute approximate surface area is 153 Å². The Hall–Kier alpha value is -1.76. The number of fused-ring (bicyclic) bond motifs is 1. The first-order chi connectivity index (χ1) is 11.6. The third-order valence-electron chi connectivity index (χ3n) is 3.34. The number of para-hydroxylation sites is 1. The molecule has 0 aliphatic rings. The fourth-order valence-electron chi connectivity index (χ4n) is 2.12. The van der Waals surface area contributed by atoms with E-state index in [1.807, 2.05) is 31.2 Å². The topological polar surface area (TPSA) is 51.2 Å². The summed E-state index contributed by atoms with van der Waals surface area (Å²) in [6.45, 7) is 1.85. The molecule has 0 bridgehead atoms. The SMILES string of the molecule is COc1ccc(Cl)cc1NC(=O)[C@H](C)Sc1nc2ccccc2s1. The van der Waals surface area contributed by atoms with Crippen LogP contribution in [0.2, 0.25) is 5.02 Å². The fourth-order valence-corrected chi connectivity index (χ4v) is 4.50. The van der Waals surface area contributed by atoms with E-state index in [1.54, 1.807) is 36.6 Å². The van der Waals surface area contributed by atoms with Crippen molar-refractivity contribution in [2.24, 2.45) is 0 Å². The number of aromatic nitrogens is 1. The number of hydrogen-bond donors (Lipinski definition) is 1. The van der Waals surface area contributed by atoms with Crippen LogP contribution in [0.5, 0.6) is 5.75 Å². The normalized spacial score (nSPS) is 12.1. The predicted molar refractivity (Wildman–Crippen MR) is 102 cm³/mol. The van der Waals surface area contributed by atoms with Crippen LogP contribution >= 0.6 is 34.7 Å². The molecule has 0 fully saturated rings. The minimum atomic E-state index is -0.297. The number of thiazole rings is 1. The van der Waals surface area contributed by atoms with Gasteiger partial charge in [0.2, 0.25) is 5.91 Å². The van der Waals surface area contributed by atoms with Crippen molar-refractivity contribution in [2.45, 2.75) is 16.5 Å². The molecule has 4 nitrogen and oxygen atoms in total. The molecule has 1 aromatic heterocycles. The van der Waals surface area contributed by atoms with Crippen molar-refractivity contribution >= 4 is 56.5 Å². The average molecular weight is 379 g/mol. The standard InChI is InChI=1S/C17H15ClN2O2S2/c1-10(23-17-20-12-5-3-4-6-15(12)24-17)16(21)19-13-9-11(18)7-8-14(13)22-2/h3-10H,1-2H3,(H,19,21)/t10-/m0/s1. The molecule has 3 aromatic rings. The van der Waals surface area contributed by atoms with Gasteiger partial charge in [-0.1, -0.05) is 35.5 Å². The van der Waals surface area contributed by atoms with Gasteiger partial charge in [0, 0.05) is 5.02 Å². The largest absolute Gasteiger partial charge is 0.495 e. The van der Waals surface area contributed by atoms with E-state index in [9.17, 15) is 4.79 Å². The summed E-state index contributed by atoms with van der Waals surface area (Å²) in [7, 11) is 1.55. The van der Waals surface area contributed by atoms with E-state index in [0.717, 1.165) is 14.6 Å². The van der Waals surface area contributed by atoms with Crippen molar-refractivity contribution < 1.29 is 9.53 Å². The van der Waals surface area contributed by atoms with Crippen LogP contribution in [0.15, 0.2) is 46.8 Å². The summed E-state index contributed by atoms with van der Waals surface area (Å²) in [6, 6.07) is 13.1. The molecule has 0 unspecified atom stereocenters. The van der Waals surface area contributed by atoms with Gasteiger partial charge in [0.1, 0.15) is 5.75 Å². The molecular weight excluding hydrogens is 364 g/mol. The van der Waals surface area contributed by atoms with E-state index in [2.05, 4.69) is 10.3 Å². The molecule has 124 valence electrons. The lowest BCUT2D eigenvalue weighted by Gasteiger charge is -2.13. The molecule has 1 atom stereocenters. The minimum Gasteiger partial charge on any atom is -0.495 e. The summed E-state index contributed by atoms with van der Waals surface area (Å²) in [4.78, 5) is 17.0. The summed E-state index contributed by atoms with van der Waals surface area (Å²) in [5.74, 6) is 0.449. The number of amides is 1. The molecule has 0 spiro atoms. The van der Waals surface area contributed by atoms with Crippen molar-refractivity contribution in [1.29, 1.82) is 0 Å². The van der Waals surface area contributed by atoms with Gasteiger partial charge in [0.05, 0.1) is 28.3 Å². The number of methoxy groups -OCH3 is 1. The number of anilines is 1. The number of thioether (sulfide) groups is 1. The van der Waals surface area contributed by atoms with Crippen molar-refractivity contribution in [3.63, 3.8) is 0 Å². The van der Waals surface area contributed by atoms with Crippen LogP contribution in [0.1, 0.15) is 6.92 Å². The summed E-state index contributed by atoms with van der Waals surface area (Å²) in [5.41, 5.74) is 1.51. The van der Waals surface area contributed by atoms with Gasteiger partial charge in [-0.05, 0) is 37.3 Å². The second-order valence-corrected chi connectivity index (χ2v) is 8.10. The number of rotatable bonds is 5. The summed E-state index contributed by atoms with van der Waals surface area (Å²) < 4.78 is 7.24. The maximum absolute atomic E-state index is 12.5. The van der Waals surface area contributed by atoms with Crippen LogP contribution in [-0.2, 0) is 4.79 Å². The molecule has 0 saturated heterocycles. The van der Waals surface area contributed by atoms with E-state index >= 15 is 0 Å². The molecule has 0 aliphatic carbocycles. The molecule has 1 heterocycles. The minimum absolute atomic E-state index is 0.125. The van der Waals surface area contributed by atoms with Crippen LogP contribution in [0.4, 0.5) is 5.69 Å². The fraction of sp³-hybridized carbons (Fsp3) is 0.176. The molecular formula is C17H15ClN2O2S2. The van der Waals surface area contributed by atoms with E-state index in [0.29, 0.717) is 16.5 Å². The number of nitrogens with zero attached hydrogens (tertiary/aromatic N) is 1. The molecule has 24 heavy (non-hydrogen) atoms. The van der Waals surface area contributed by atoms with Crippen LogP contribution in [0.3, 0.4) is 0 Å². The van der Waals surface area contributed by atoms with Crippen LogP contribution < -0.4 is 10.1 Å². The molecule has 0 aliphatic heterocycles. The van der Waals surface area contributed by atoms with E-state index in [-0.39, 0.29) is 11.2 Å². The summed E-state index contributed by atoms with van der Waals surface area (Å²) in [6.07, 6.45) is 0. The second kappa shape index (κ2) is 7.42. The van der Waals surface area contributed by atoms with Crippen LogP contribution in [0.25, 0.3) is 10.2 Å². The highest BCUT2D eigenvalue weighted by Crippen LogP contribution is 2.33. The lowest BCUT2D eigenvalue weighted by molar-refractivity contribution is -0.115. The Morgan fingerprint density at radius 2 is 2.12 bits per heavy atom. The smallest absolute Gasteiger partial charge is 0.237 e. The Bertz CT molecular complexity index is 849. The molecule has 2 aromatic carbocycles. The first kappa shape index (κ1) is 17.1. The highest BCUT2D eigenvalue weighted by molar-refractivity contribution is 8.02. The van der Waals surface area contributed by atoms with Crippen molar-refractivity contribution in [2.75, 3.05) is 12.4 Å². The van der Waals surface area contributed by atoms with Gasteiger partial charge in [-0.2, -0.15) is 0 Å². The Morgan fingerprint density at radius 1 is 1.33 bits per heavy atom. The first-order valence-electron chi connectivity index (χ1n) is 7.23. The summed E-state index contributed by atoms with van der Waals surface area (Å²) >= 11 is 9.01. The zero-order valence-electron chi connectivity index (χ0n) is 13.1. The molecule has 0 radical (unpaired) electrons. The van der Waals surface area contributed by atoms with E-state index < -0.39 is 0 Å². The lowest BCUT2D eigenvalue weighted by atomic mass is 10.3. The van der Waals surface area contributed by atoms with Gasteiger partial charge < -0.3 is 10.1 Å². The Balaban J connectivity index is 1.71. The van der Waals surface area contributed by atoms with Gasteiger partial charge in [0.25, 0.3) is 0 Å². The van der Waals surface area contributed by atoms with Crippen LogP contribution in [0, 0.1) is 0 Å². The summed E-state index contributed by atoms with van der Waals surface area (Å²) in [5, 5.41) is 3.11. The van der Waals surface area contributed by atoms with Gasteiger partial charge in [-0.3, -0.25) is 4.79 Å². The number of nitrogens with one attached hydrogen (secondary N) is 1. The number of benzene rings is 2. The Kier molecular flexibility index (Phi) is 5.28. The first-order valence-corrected chi connectivity index (χ1v) is 9.31. The van der Waals surface area contributed by atoms with Crippen LogP contribution in [-0.4, -0.2) is 23.3 Å². The maximum Gasteiger partial charge on any atom is 0.237 e. The third-order valence-corrected chi connectivity index (χ3v) is 5.81. The lowest BCUT2D eigenvalue weighted by Crippen LogP contribution is -2.22. The monoisotopic (exact) mass is 378 g/mol. The second-order valence-electron chi connectivity index (χ2n) is 5.04. The van der Waals surface area contributed by atoms with Crippen molar-refractivity contribution in [3.05, 3.63) is 47.5 Å². The zero-order chi connectivity index (χ0) is 17.1. The number of ether oxygens (including phenoxy) is 1. The van der Waals surface area contributed by atoms with Gasteiger partial charge in [-0.15, -0.1) is 11.3 Å². The highest BCUT2D eigenvalue weighted by Gasteiger charge is 2.18. The Morgan fingerprint density at radius 3 is 2.88 bits per heavy atom. The van der Waals surface area contributed by atoms with E-state index in [1.165, 1.54) is 11.8 Å². The molecule has 1 amide bonds. The third kappa shape index (κ3) is 3.83. The molecule has 7 heteroatoms. The van der Waals surface area contributed by atoms with Gasteiger partial charge in [0.15, 0.2) is 4.34 Å². The predicted octanol–water partition coefficient (Wildman–Crippen LogP) is 5.08. The number of carbonyl (C=O) groups excluding carboxylic acids is 1. The molecule has 1 N–H and O–H groups in total. The van der Waals surface area contributed by atoms with Crippen molar-refractivity contribution in [1.82, 2.24) is 4.98 Å².